The van der Waals surface area contributed by atoms with E-state index in [0.29, 0.717) is 10.6 Å². The zero-order valence-corrected chi connectivity index (χ0v) is 12.2. The molecular formula is C15H10ClNO2S. The molecule has 2 amide bonds. The molecule has 3 rings (SSSR count). The Balaban J connectivity index is 2.04. The molecule has 1 aliphatic rings. The Bertz CT molecular complexity index is 717. The van der Waals surface area contributed by atoms with Gasteiger partial charge in [0.25, 0.3) is 11.8 Å². The lowest BCUT2D eigenvalue weighted by molar-refractivity contribution is -0.119. The van der Waals surface area contributed by atoms with E-state index < -0.39 is 5.91 Å². The van der Waals surface area contributed by atoms with E-state index in [1.54, 1.807) is 18.2 Å². The molecule has 0 saturated heterocycles. The Labute approximate surface area is 125 Å². The Hall–Kier alpha value is -1.91. The van der Waals surface area contributed by atoms with Gasteiger partial charge in [-0.2, -0.15) is 0 Å². The summed E-state index contributed by atoms with van der Waals surface area (Å²) in [5, 5.41) is 1.83. The highest BCUT2D eigenvalue weighted by Gasteiger charge is 2.39. The lowest BCUT2D eigenvalue weighted by Crippen LogP contribution is -2.31. The Morgan fingerprint density at radius 2 is 1.75 bits per heavy atom. The van der Waals surface area contributed by atoms with Gasteiger partial charge in [-0.25, -0.2) is 4.90 Å². The Morgan fingerprint density at radius 1 is 1.05 bits per heavy atom. The van der Waals surface area contributed by atoms with E-state index in [1.807, 2.05) is 30.5 Å². The highest BCUT2D eigenvalue weighted by Crippen LogP contribution is 2.36. The molecule has 0 radical (unpaired) electrons. The van der Waals surface area contributed by atoms with Gasteiger partial charge in [-0.05, 0) is 30.5 Å². The maximum atomic E-state index is 12.5. The third-order valence-electron chi connectivity index (χ3n) is 3.09. The summed E-state index contributed by atoms with van der Waals surface area (Å²) in [6, 6.07) is 10.8. The van der Waals surface area contributed by atoms with Crippen LogP contribution in [0.2, 0.25) is 0 Å². The smallest absolute Gasteiger partial charge is 0.268 e. The fourth-order valence-electron chi connectivity index (χ4n) is 2.07. The van der Waals surface area contributed by atoms with Crippen molar-refractivity contribution in [3.63, 3.8) is 0 Å². The standard InChI is InChI=1S/C15H10ClNO2S/c1-9-4-6-10(7-5-9)17-14(18)12(13(16)15(17)19)11-3-2-8-20-11/h2-8H,1H3. The van der Waals surface area contributed by atoms with Gasteiger partial charge in [-0.15, -0.1) is 11.3 Å². The van der Waals surface area contributed by atoms with E-state index in [1.165, 1.54) is 11.3 Å². The number of thiophene rings is 1. The fourth-order valence-corrected chi connectivity index (χ4v) is 3.16. The largest absolute Gasteiger partial charge is 0.277 e. The normalized spacial score (nSPS) is 15.4. The van der Waals surface area contributed by atoms with Crippen LogP contribution in [0.25, 0.3) is 5.57 Å². The van der Waals surface area contributed by atoms with Crippen LogP contribution in [-0.4, -0.2) is 11.8 Å². The molecule has 0 aliphatic carbocycles. The SMILES string of the molecule is Cc1ccc(N2C(=O)C(Cl)=C(c3cccs3)C2=O)cc1. The lowest BCUT2D eigenvalue weighted by Gasteiger charge is -2.14. The van der Waals surface area contributed by atoms with Crippen LogP contribution < -0.4 is 4.90 Å². The summed E-state index contributed by atoms with van der Waals surface area (Å²) >= 11 is 7.45. The van der Waals surface area contributed by atoms with Crippen molar-refractivity contribution < 1.29 is 9.59 Å². The quantitative estimate of drug-likeness (QED) is 0.795. The van der Waals surface area contributed by atoms with Crippen molar-refractivity contribution in [2.24, 2.45) is 0 Å². The van der Waals surface area contributed by atoms with Crippen molar-refractivity contribution in [1.82, 2.24) is 0 Å². The Kier molecular flexibility index (Phi) is 3.20. The minimum Gasteiger partial charge on any atom is -0.268 e. The molecule has 1 aliphatic heterocycles. The number of anilines is 1. The van der Waals surface area contributed by atoms with Crippen LogP contribution in [0.4, 0.5) is 5.69 Å². The van der Waals surface area contributed by atoms with Crippen molar-refractivity contribution >= 4 is 46.0 Å². The number of amides is 2. The number of imide groups is 1. The van der Waals surface area contributed by atoms with Crippen LogP contribution in [0.1, 0.15) is 10.4 Å². The molecule has 0 bridgehead atoms. The van der Waals surface area contributed by atoms with Crippen molar-refractivity contribution in [2.75, 3.05) is 4.90 Å². The van der Waals surface area contributed by atoms with Crippen molar-refractivity contribution in [1.29, 1.82) is 0 Å². The van der Waals surface area contributed by atoms with Gasteiger partial charge in [0.2, 0.25) is 0 Å². The zero-order valence-electron chi connectivity index (χ0n) is 10.6. The molecule has 0 spiro atoms. The summed E-state index contributed by atoms with van der Waals surface area (Å²) in [5.74, 6) is -0.838. The van der Waals surface area contributed by atoms with Crippen LogP contribution in [0.3, 0.4) is 0 Å². The first-order valence-electron chi connectivity index (χ1n) is 5.98. The predicted octanol–water partition coefficient (Wildman–Crippen LogP) is 3.58. The van der Waals surface area contributed by atoms with Crippen molar-refractivity contribution in [2.45, 2.75) is 6.92 Å². The van der Waals surface area contributed by atoms with Gasteiger partial charge >= 0.3 is 0 Å². The molecule has 0 atom stereocenters. The van der Waals surface area contributed by atoms with Crippen LogP contribution >= 0.6 is 22.9 Å². The summed E-state index contributed by atoms with van der Waals surface area (Å²) < 4.78 is 0. The van der Waals surface area contributed by atoms with Crippen LogP contribution in [-0.2, 0) is 9.59 Å². The number of rotatable bonds is 2. The van der Waals surface area contributed by atoms with Crippen molar-refractivity contribution in [3.8, 4) is 0 Å². The number of aryl methyl sites for hydroxylation is 1. The fraction of sp³-hybridized carbons (Fsp3) is 0.0667. The molecule has 0 fully saturated rings. The third-order valence-corrected chi connectivity index (χ3v) is 4.33. The molecule has 1 aromatic carbocycles. The number of carbonyl (C=O) groups is 2. The summed E-state index contributed by atoms with van der Waals surface area (Å²) in [4.78, 5) is 26.5. The highest BCUT2D eigenvalue weighted by molar-refractivity contribution is 7.11. The number of benzene rings is 1. The molecule has 0 N–H and O–H groups in total. The summed E-state index contributed by atoms with van der Waals surface area (Å²) in [5.41, 5.74) is 1.88. The van der Waals surface area contributed by atoms with E-state index >= 15 is 0 Å². The average molecular weight is 304 g/mol. The minimum absolute atomic E-state index is 0.0157. The molecule has 2 aromatic rings. The molecule has 20 heavy (non-hydrogen) atoms. The van der Waals surface area contributed by atoms with Gasteiger partial charge in [-0.3, -0.25) is 9.59 Å². The second-order valence-corrected chi connectivity index (χ2v) is 5.77. The first kappa shape index (κ1) is 13.1. The second kappa shape index (κ2) is 4.89. The number of hydrogen-bond donors (Lipinski definition) is 0. The zero-order chi connectivity index (χ0) is 14.3. The third kappa shape index (κ3) is 1.97. The van der Waals surface area contributed by atoms with Gasteiger partial charge in [0.1, 0.15) is 5.03 Å². The predicted molar refractivity (Wildman–Crippen MR) is 80.8 cm³/mol. The van der Waals surface area contributed by atoms with Gasteiger partial charge in [0.15, 0.2) is 0 Å². The number of halogens is 1. The maximum Gasteiger partial charge on any atom is 0.277 e. The van der Waals surface area contributed by atoms with E-state index in [0.717, 1.165) is 10.5 Å². The molecule has 3 nitrogen and oxygen atoms in total. The van der Waals surface area contributed by atoms with Gasteiger partial charge in [0, 0.05) is 4.88 Å². The lowest BCUT2D eigenvalue weighted by atomic mass is 10.2. The average Bonchev–Trinajstić information content (AvgIpc) is 3.01. The molecular weight excluding hydrogens is 294 g/mol. The summed E-state index contributed by atoms with van der Waals surface area (Å²) in [7, 11) is 0. The molecule has 0 unspecified atom stereocenters. The minimum atomic E-state index is -0.469. The van der Waals surface area contributed by atoms with E-state index in [-0.39, 0.29) is 16.5 Å². The highest BCUT2D eigenvalue weighted by atomic mass is 35.5. The van der Waals surface area contributed by atoms with E-state index in [4.69, 9.17) is 11.6 Å². The molecule has 0 saturated carbocycles. The first-order chi connectivity index (χ1) is 9.59. The van der Waals surface area contributed by atoms with Gasteiger partial charge in [-0.1, -0.05) is 35.4 Å². The molecule has 100 valence electrons. The van der Waals surface area contributed by atoms with Gasteiger partial charge < -0.3 is 0 Å². The Morgan fingerprint density at radius 3 is 2.35 bits per heavy atom. The van der Waals surface area contributed by atoms with E-state index in [9.17, 15) is 9.59 Å². The maximum absolute atomic E-state index is 12.5. The van der Waals surface area contributed by atoms with E-state index in [2.05, 4.69) is 0 Å². The van der Waals surface area contributed by atoms with Crippen molar-refractivity contribution in [3.05, 3.63) is 57.3 Å². The first-order valence-corrected chi connectivity index (χ1v) is 7.24. The van der Waals surface area contributed by atoms with Crippen LogP contribution in [0.5, 0.6) is 0 Å². The van der Waals surface area contributed by atoms with Crippen LogP contribution in [0, 0.1) is 6.92 Å². The molecule has 1 aromatic heterocycles. The van der Waals surface area contributed by atoms with Crippen LogP contribution in [0.15, 0.2) is 46.8 Å². The number of nitrogens with zero attached hydrogens (tertiary/aromatic N) is 1. The summed E-state index contributed by atoms with van der Waals surface area (Å²) in [6.45, 7) is 1.94. The monoisotopic (exact) mass is 303 g/mol. The number of carbonyl (C=O) groups excluding carboxylic acids is 2. The number of hydrogen-bond acceptors (Lipinski definition) is 3. The molecule has 2 heterocycles. The topological polar surface area (TPSA) is 37.4 Å². The second-order valence-electron chi connectivity index (χ2n) is 4.45. The molecule has 5 heteroatoms. The summed E-state index contributed by atoms with van der Waals surface area (Å²) in [6.07, 6.45) is 0. The van der Waals surface area contributed by atoms with Gasteiger partial charge in [0.05, 0.1) is 11.3 Å².